The van der Waals surface area contributed by atoms with Gasteiger partial charge in [0.2, 0.25) is 6.10 Å². The van der Waals surface area contributed by atoms with Gasteiger partial charge in [0.1, 0.15) is 5.75 Å². The van der Waals surface area contributed by atoms with E-state index in [4.69, 9.17) is 31.3 Å². The molecule has 13 heteroatoms. The smallest absolute Gasteiger partial charge is 0.478 e. The van der Waals surface area contributed by atoms with Gasteiger partial charge in [0, 0.05) is 17.1 Å². The standard InChI is InChI=1S/C15H15ClF3NO3.C2HF3O2/c1-3-20(2)7-9-6-12-8(5-11(9)16)4-10(14(21)22)13(23-12)15(17,18)19;3-2(4,5)1(6)7/h4-6,13H,3,7H2,1-2H3,(H,21,22);(H,6,7). The average molecular weight is 464 g/mol. The SMILES string of the molecule is CCN(C)Cc1cc2c(cc1Cl)C=C(C(=O)O)C(C(F)(F)F)O2.O=C(O)C(F)(F)F. The lowest BCUT2D eigenvalue weighted by atomic mass is 9.99. The number of nitrogens with zero attached hydrogens (tertiary/aromatic N) is 1. The number of carboxylic acid groups (broad SMARTS) is 2. The van der Waals surface area contributed by atoms with Crippen molar-refractivity contribution < 1.29 is 50.9 Å². The van der Waals surface area contributed by atoms with Crippen LogP contribution in [-0.4, -0.2) is 59.1 Å². The second kappa shape index (κ2) is 9.56. The number of hydrogen-bond donors (Lipinski definition) is 2. The molecular weight excluding hydrogens is 448 g/mol. The number of hydrogen-bond acceptors (Lipinski definition) is 4. The van der Waals surface area contributed by atoms with Crippen LogP contribution in [0.1, 0.15) is 18.1 Å². The van der Waals surface area contributed by atoms with Gasteiger partial charge in [-0.15, -0.1) is 0 Å². The van der Waals surface area contributed by atoms with Gasteiger partial charge in [-0.05, 0) is 37.4 Å². The minimum Gasteiger partial charge on any atom is -0.478 e. The van der Waals surface area contributed by atoms with Crippen molar-refractivity contribution in [2.45, 2.75) is 31.9 Å². The lowest BCUT2D eigenvalue weighted by molar-refractivity contribution is -0.192. The zero-order valence-corrected chi connectivity index (χ0v) is 16.2. The molecule has 0 fully saturated rings. The van der Waals surface area contributed by atoms with Crippen LogP contribution in [0.5, 0.6) is 5.75 Å². The van der Waals surface area contributed by atoms with Crippen molar-refractivity contribution in [1.82, 2.24) is 4.90 Å². The van der Waals surface area contributed by atoms with Gasteiger partial charge in [-0.1, -0.05) is 18.5 Å². The molecule has 0 aromatic heterocycles. The molecule has 0 amide bonds. The van der Waals surface area contributed by atoms with Gasteiger partial charge in [0.05, 0.1) is 5.57 Å². The maximum atomic E-state index is 13.0. The molecule has 6 nitrogen and oxygen atoms in total. The van der Waals surface area contributed by atoms with Gasteiger partial charge in [0.15, 0.2) is 0 Å². The molecule has 1 atom stereocenters. The van der Waals surface area contributed by atoms with E-state index in [-0.39, 0.29) is 11.3 Å². The van der Waals surface area contributed by atoms with Crippen LogP contribution in [0.2, 0.25) is 5.02 Å². The molecular formula is C17H16ClF6NO5. The van der Waals surface area contributed by atoms with E-state index in [9.17, 15) is 31.1 Å². The van der Waals surface area contributed by atoms with Crippen molar-refractivity contribution in [3.63, 3.8) is 0 Å². The number of aliphatic carboxylic acids is 2. The molecule has 1 aliphatic rings. The van der Waals surface area contributed by atoms with Crippen LogP contribution < -0.4 is 4.74 Å². The summed E-state index contributed by atoms with van der Waals surface area (Å²) in [5.74, 6) is -4.46. The lowest BCUT2D eigenvalue weighted by Crippen LogP contribution is -2.40. The van der Waals surface area contributed by atoms with E-state index in [0.29, 0.717) is 17.1 Å². The molecule has 0 bridgehead atoms. The quantitative estimate of drug-likeness (QED) is 0.650. The molecule has 1 aliphatic heterocycles. The highest BCUT2D eigenvalue weighted by atomic mass is 35.5. The second-order valence-electron chi connectivity index (χ2n) is 6.06. The van der Waals surface area contributed by atoms with Crippen LogP contribution >= 0.6 is 11.6 Å². The van der Waals surface area contributed by atoms with Crippen molar-refractivity contribution in [3.05, 3.63) is 33.9 Å². The Hall–Kier alpha value is -2.47. The molecule has 2 rings (SSSR count). The summed E-state index contributed by atoms with van der Waals surface area (Å²) in [5.41, 5.74) is -0.0295. The number of carbonyl (C=O) groups is 2. The number of alkyl halides is 6. The Kier molecular flexibility index (Phi) is 8.15. The molecule has 0 saturated heterocycles. The summed E-state index contributed by atoms with van der Waals surface area (Å²) in [6.45, 7) is 3.12. The molecule has 168 valence electrons. The van der Waals surface area contributed by atoms with Crippen molar-refractivity contribution in [3.8, 4) is 5.75 Å². The van der Waals surface area contributed by atoms with Crippen LogP contribution in [0, 0.1) is 0 Å². The van der Waals surface area contributed by atoms with E-state index in [1.807, 2.05) is 18.9 Å². The van der Waals surface area contributed by atoms with E-state index in [1.54, 1.807) is 0 Å². The molecule has 0 saturated carbocycles. The Morgan fingerprint density at radius 2 is 1.70 bits per heavy atom. The Morgan fingerprint density at radius 3 is 2.10 bits per heavy atom. The Balaban J connectivity index is 0.000000553. The van der Waals surface area contributed by atoms with Crippen LogP contribution in [0.3, 0.4) is 0 Å². The Labute approximate surface area is 171 Å². The highest BCUT2D eigenvalue weighted by Gasteiger charge is 2.48. The molecule has 1 unspecified atom stereocenters. The fraction of sp³-hybridized carbons (Fsp3) is 0.412. The predicted molar refractivity (Wildman–Crippen MR) is 93.2 cm³/mol. The molecule has 1 aromatic rings. The molecule has 0 radical (unpaired) electrons. The van der Waals surface area contributed by atoms with Crippen molar-refractivity contribution in [2.24, 2.45) is 0 Å². The van der Waals surface area contributed by atoms with E-state index >= 15 is 0 Å². The molecule has 1 aromatic carbocycles. The first-order valence-corrected chi connectivity index (χ1v) is 8.45. The summed E-state index contributed by atoms with van der Waals surface area (Å²) in [6, 6.07) is 2.85. The number of carboxylic acids is 2. The number of rotatable bonds is 4. The summed E-state index contributed by atoms with van der Waals surface area (Å²) in [5, 5.41) is 16.5. The van der Waals surface area contributed by atoms with E-state index in [0.717, 1.165) is 12.6 Å². The van der Waals surface area contributed by atoms with Gasteiger partial charge in [-0.2, -0.15) is 26.3 Å². The number of fused-ring (bicyclic) bond motifs is 1. The fourth-order valence-electron chi connectivity index (χ4n) is 2.20. The first-order valence-electron chi connectivity index (χ1n) is 8.07. The summed E-state index contributed by atoms with van der Waals surface area (Å²) < 4.78 is 75.7. The predicted octanol–water partition coefficient (Wildman–Crippen LogP) is 4.22. The first-order chi connectivity index (χ1) is 13.6. The normalized spacial score (nSPS) is 16.1. The Morgan fingerprint density at radius 1 is 1.17 bits per heavy atom. The van der Waals surface area contributed by atoms with Crippen LogP contribution in [0.15, 0.2) is 17.7 Å². The van der Waals surface area contributed by atoms with Crippen molar-refractivity contribution >= 4 is 29.6 Å². The topological polar surface area (TPSA) is 87.1 Å². The third-order valence-corrected chi connectivity index (χ3v) is 4.14. The molecule has 1 heterocycles. The molecule has 0 spiro atoms. The largest absolute Gasteiger partial charge is 0.490 e. The first kappa shape index (κ1) is 25.6. The third-order valence-electron chi connectivity index (χ3n) is 3.78. The maximum absolute atomic E-state index is 13.0. The minimum absolute atomic E-state index is 0.0266. The third kappa shape index (κ3) is 6.80. The zero-order valence-electron chi connectivity index (χ0n) is 15.4. The van der Waals surface area contributed by atoms with E-state index in [1.165, 1.54) is 12.1 Å². The lowest BCUT2D eigenvalue weighted by Gasteiger charge is -2.28. The van der Waals surface area contributed by atoms with Crippen LogP contribution in [0.4, 0.5) is 26.3 Å². The van der Waals surface area contributed by atoms with E-state index < -0.39 is 36.0 Å². The molecule has 0 aliphatic carbocycles. The van der Waals surface area contributed by atoms with Gasteiger partial charge in [-0.3, -0.25) is 0 Å². The second-order valence-corrected chi connectivity index (χ2v) is 6.47. The highest BCUT2D eigenvalue weighted by Crippen LogP contribution is 2.39. The number of benzene rings is 1. The molecule has 30 heavy (non-hydrogen) atoms. The van der Waals surface area contributed by atoms with Crippen LogP contribution in [-0.2, 0) is 16.1 Å². The molecule has 2 N–H and O–H groups in total. The summed E-state index contributed by atoms with van der Waals surface area (Å²) >= 11 is 6.13. The van der Waals surface area contributed by atoms with Gasteiger partial charge in [0.25, 0.3) is 0 Å². The van der Waals surface area contributed by atoms with Crippen molar-refractivity contribution in [2.75, 3.05) is 13.6 Å². The fourth-order valence-corrected chi connectivity index (χ4v) is 2.43. The average Bonchev–Trinajstić information content (AvgIpc) is 2.60. The van der Waals surface area contributed by atoms with Gasteiger partial charge < -0.3 is 19.8 Å². The summed E-state index contributed by atoms with van der Waals surface area (Å²) in [6.07, 6.45) is -11.4. The summed E-state index contributed by atoms with van der Waals surface area (Å²) in [4.78, 5) is 21.9. The maximum Gasteiger partial charge on any atom is 0.490 e. The van der Waals surface area contributed by atoms with E-state index in [2.05, 4.69) is 0 Å². The Bertz CT molecular complexity index is 837. The minimum atomic E-state index is -5.08. The highest BCUT2D eigenvalue weighted by molar-refractivity contribution is 6.31. The number of ether oxygens (including phenoxy) is 1. The monoisotopic (exact) mass is 463 g/mol. The van der Waals surface area contributed by atoms with Gasteiger partial charge >= 0.3 is 24.3 Å². The summed E-state index contributed by atoms with van der Waals surface area (Å²) in [7, 11) is 1.84. The van der Waals surface area contributed by atoms with Gasteiger partial charge in [-0.25, -0.2) is 9.59 Å². The zero-order chi connectivity index (χ0) is 23.4. The number of halogens is 7. The van der Waals surface area contributed by atoms with Crippen LogP contribution in [0.25, 0.3) is 6.08 Å². The van der Waals surface area contributed by atoms with Crippen molar-refractivity contribution in [1.29, 1.82) is 0 Å².